The molecule has 2 atom stereocenters. The monoisotopic (exact) mass is 243 g/mol. The summed E-state index contributed by atoms with van der Waals surface area (Å²) in [5, 5.41) is 16.4. The lowest BCUT2D eigenvalue weighted by Gasteiger charge is -2.16. The number of hydrogen-bond acceptors (Lipinski definition) is 3. The van der Waals surface area contributed by atoms with Crippen molar-refractivity contribution in [3.8, 4) is 0 Å². The van der Waals surface area contributed by atoms with Gasteiger partial charge in [-0.1, -0.05) is 0 Å². The molecule has 0 aromatic rings. The van der Waals surface area contributed by atoms with E-state index in [4.69, 9.17) is 5.11 Å². The normalized spacial score (nSPS) is 20.5. The van der Waals surface area contributed by atoms with Gasteiger partial charge in [0.15, 0.2) is 0 Å². The van der Waals surface area contributed by atoms with Crippen LogP contribution in [0, 0.1) is 0 Å². The molecule has 1 fully saturated rings. The van der Waals surface area contributed by atoms with Crippen LogP contribution in [0.3, 0.4) is 0 Å². The van der Waals surface area contributed by atoms with Crippen molar-refractivity contribution in [3.05, 3.63) is 0 Å². The number of urea groups is 1. The van der Waals surface area contributed by atoms with E-state index in [0.29, 0.717) is 13.0 Å². The Balaban J connectivity index is 2.20. The van der Waals surface area contributed by atoms with Crippen LogP contribution in [0.1, 0.15) is 26.2 Å². The Bertz CT molecular complexity index is 319. The van der Waals surface area contributed by atoms with Gasteiger partial charge >= 0.3 is 12.0 Å². The second kappa shape index (κ2) is 6.07. The topological polar surface area (TPSA) is 108 Å². The van der Waals surface area contributed by atoms with E-state index < -0.39 is 5.97 Å². The van der Waals surface area contributed by atoms with Crippen LogP contribution in [0.5, 0.6) is 0 Å². The van der Waals surface area contributed by atoms with Gasteiger partial charge in [0.1, 0.15) is 0 Å². The molecule has 0 saturated carbocycles. The van der Waals surface area contributed by atoms with Crippen LogP contribution in [0.25, 0.3) is 0 Å². The molecule has 2 unspecified atom stereocenters. The fraction of sp³-hybridized carbons (Fsp3) is 0.700. The minimum atomic E-state index is -0.885. The highest BCUT2D eigenvalue weighted by Gasteiger charge is 2.23. The van der Waals surface area contributed by atoms with E-state index in [9.17, 15) is 14.4 Å². The Morgan fingerprint density at radius 2 is 2.29 bits per heavy atom. The van der Waals surface area contributed by atoms with Crippen molar-refractivity contribution in [2.24, 2.45) is 0 Å². The third-order valence-electron chi connectivity index (χ3n) is 2.48. The quantitative estimate of drug-likeness (QED) is 0.518. The number of hydrogen-bond donors (Lipinski definition) is 4. The summed E-state index contributed by atoms with van der Waals surface area (Å²) in [6, 6.07) is -0.769. The lowest BCUT2D eigenvalue weighted by molar-refractivity contribution is -0.137. The molecule has 7 nitrogen and oxygen atoms in total. The first-order valence-electron chi connectivity index (χ1n) is 5.53. The zero-order chi connectivity index (χ0) is 12.8. The zero-order valence-corrected chi connectivity index (χ0v) is 9.66. The molecule has 1 aliphatic rings. The van der Waals surface area contributed by atoms with Gasteiger partial charge in [0.25, 0.3) is 0 Å². The van der Waals surface area contributed by atoms with Gasteiger partial charge in [-0.15, -0.1) is 0 Å². The first-order chi connectivity index (χ1) is 7.97. The predicted octanol–water partition coefficient (Wildman–Crippen LogP) is -0.573. The summed E-state index contributed by atoms with van der Waals surface area (Å²) in [5.74, 6) is -0.959. The SMILES string of the molecule is CC(CCC(=O)O)NC(=O)NC1CNC(=O)C1. The molecule has 0 spiro atoms. The molecule has 4 N–H and O–H groups in total. The molecule has 0 radical (unpaired) electrons. The van der Waals surface area contributed by atoms with Gasteiger partial charge in [-0.3, -0.25) is 9.59 Å². The molecule has 17 heavy (non-hydrogen) atoms. The maximum absolute atomic E-state index is 11.5. The number of aliphatic carboxylic acids is 1. The Labute approximate surface area is 98.9 Å². The van der Waals surface area contributed by atoms with Gasteiger partial charge in [-0.05, 0) is 13.3 Å². The van der Waals surface area contributed by atoms with Crippen LogP contribution in [0.2, 0.25) is 0 Å². The van der Waals surface area contributed by atoms with Gasteiger partial charge in [0.05, 0.1) is 6.04 Å². The standard InChI is InChI=1S/C10H17N3O4/c1-6(2-3-9(15)16)12-10(17)13-7-4-8(14)11-5-7/h6-7H,2-5H2,1H3,(H,11,14)(H,15,16)(H2,12,13,17). The maximum atomic E-state index is 11.5. The largest absolute Gasteiger partial charge is 0.481 e. The Kier molecular flexibility index (Phi) is 4.74. The van der Waals surface area contributed by atoms with Crippen LogP contribution in [0.15, 0.2) is 0 Å². The van der Waals surface area contributed by atoms with E-state index >= 15 is 0 Å². The molecule has 7 heteroatoms. The molecule has 3 amide bonds. The number of rotatable bonds is 5. The van der Waals surface area contributed by atoms with Crippen molar-refractivity contribution in [1.29, 1.82) is 0 Å². The molecule has 1 saturated heterocycles. The minimum Gasteiger partial charge on any atom is -0.481 e. The van der Waals surface area contributed by atoms with Crippen LogP contribution in [-0.2, 0) is 9.59 Å². The van der Waals surface area contributed by atoms with Gasteiger partial charge in [-0.2, -0.15) is 0 Å². The van der Waals surface area contributed by atoms with Crippen molar-refractivity contribution >= 4 is 17.9 Å². The van der Waals surface area contributed by atoms with E-state index in [1.165, 1.54) is 0 Å². The molecule has 0 aromatic carbocycles. The number of nitrogens with one attached hydrogen (secondary N) is 3. The van der Waals surface area contributed by atoms with Gasteiger partial charge in [0.2, 0.25) is 5.91 Å². The summed E-state index contributed by atoms with van der Waals surface area (Å²) < 4.78 is 0. The van der Waals surface area contributed by atoms with Crippen LogP contribution < -0.4 is 16.0 Å². The van der Waals surface area contributed by atoms with E-state index in [2.05, 4.69) is 16.0 Å². The summed E-state index contributed by atoms with van der Waals surface area (Å²) in [6.07, 6.45) is 0.687. The number of carbonyl (C=O) groups is 3. The lowest BCUT2D eigenvalue weighted by atomic mass is 10.2. The van der Waals surface area contributed by atoms with E-state index in [1.807, 2.05) is 0 Å². The summed E-state index contributed by atoms with van der Waals surface area (Å²) in [4.78, 5) is 32.7. The molecule has 0 aromatic heterocycles. The second-order valence-corrected chi connectivity index (χ2v) is 4.16. The third kappa shape index (κ3) is 5.19. The summed E-state index contributed by atoms with van der Waals surface area (Å²) in [6.45, 7) is 2.18. The second-order valence-electron chi connectivity index (χ2n) is 4.16. The van der Waals surface area contributed by atoms with Crippen molar-refractivity contribution < 1.29 is 19.5 Å². The van der Waals surface area contributed by atoms with Gasteiger partial charge < -0.3 is 21.1 Å². The molecule has 1 rings (SSSR count). The van der Waals surface area contributed by atoms with Crippen LogP contribution >= 0.6 is 0 Å². The zero-order valence-electron chi connectivity index (χ0n) is 9.66. The summed E-state index contributed by atoms with van der Waals surface area (Å²) in [7, 11) is 0. The molecule has 0 aliphatic carbocycles. The highest BCUT2D eigenvalue weighted by Crippen LogP contribution is 2.00. The predicted molar refractivity (Wildman–Crippen MR) is 59.4 cm³/mol. The molecule has 96 valence electrons. The van der Waals surface area contributed by atoms with E-state index in [1.54, 1.807) is 6.92 Å². The molecule has 0 bridgehead atoms. The third-order valence-corrected chi connectivity index (χ3v) is 2.48. The average molecular weight is 243 g/mol. The highest BCUT2D eigenvalue weighted by molar-refractivity contribution is 5.81. The van der Waals surface area contributed by atoms with Crippen LogP contribution in [-0.4, -0.2) is 41.6 Å². The van der Waals surface area contributed by atoms with Crippen molar-refractivity contribution in [2.45, 2.75) is 38.3 Å². The number of carbonyl (C=O) groups excluding carboxylic acids is 2. The van der Waals surface area contributed by atoms with Crippen molar-refractivity contribution in [1.82, 2.24) is 16.0 Å². The number of carboxylic acids is 1. The number of carboxylic acid groups (broad SMARTS) is 1. The molecular formula is C10H17N3O4. The van der Waals surface area contributed by atoms with E-state index in [0.717, 1.165) is 0 Å². The first kappa shape index (κ1) is 13.3. The Hall–Kier alpha value is -1.79. The van der Waals surface area contributed by atoms with Gasteiger partial charge in [-0.25, -0.2) is 4.79 Å². The van der Waals surface area contributed by atoms with Crippen molar-refractivity contribution in [3.63, 3.8) is 0 Å². The maximum Gasteiger partial charge on any atom is 0.315 e. The number of amides is 3. The van der Waals surface area contributed by atoms with Crippen LogP contribution in [0.4, 0.5) is 4.79 Å². The summed E-state index contributed by atoms with van der Waals surface area (Å²) in [5.41, 5.74) is 0. The molecule has 1 heterocycles. The fourth-order valence-corrected chi connectivity index (χ4v) is 1.57. The average Bonchev–Trinajstić information content (AvgIpc) is 2.60. The minimum absolute atomic E-state index is 0.0188. The van der Waals surface area contributed by atoms with E-state index in [-0.39, 0.29) is 36.9 Å². The van der Waals surface area contributed by atoms with Gasteiger partial charge in [0, 0.05) is 25.4 Å². The lowest BCUT2D eigenvalue weighted by Crippen LogP contribution is -2.46. The Morgan fingerprint density at radius 3 is 2.82 bits per heavy atom. The Morgan fingerprint density at radius 1 is 1.59 bits per heavy atom. The molecule has 1 aliphatic heterocycles. The molecular weight excluding hydrogens is 226 g/mol. The highest BCUT2D eigenvalue weighted by atomic mass is 16.4. The fourth-order valence-electron chi connectivity index (χ4n) is 1.57. The summed E-state index contributed by atoms with van der Waals surface area (Å²) >= 11 is 0. The first-order valence-corrected chi connectivity index (χ1v) is 5.53. The van der Waals surface area contributed by atoms with Crippen molar-refractivity contribution in [2.75, 3.05) is 6.54 Å². The smallest absolute Gasteiger partial charge is 0.315 e.